The van der Waals surface area contributed by atoms with Crippen molar-refractivity contribution in [2.24, 2.45) is 0 Å². The summed E-state index contributed by atoms with van der Waals surface area (Å²) in [6.07, 6.45) is 0.882. The van der Waals surface area contributed by atoms with E-state index in [9.17, 15) is 5.11 Å². The summed E-state index contributed by atoms with van der Waals surface area (Å²) < 4.78 is 5.83. The second-order valence-corrected chi connectivity index (χ2v) is 6.37. The molecule has 4 heteroatoms. The molecule has 0 amide bonds. The van der Waals surface area contributed by atoms with Crippen molar-refractivity contribution in [1.29, 1.82) is 0 Å². The first kappa shape index (κ1) is 17.3. The van der Waals surface area contributed by atoms with Crippen LogP contribution < -0.4 is 4.74 Å². The minimum absolute atomic E-state index is 0.245. The molecule has 1 aliphatic rings. The highest BCUT2D eigenvalue weighted by Crippen LogP contribution is 2.14. The highest BCUT2D eigenvalue weighted by atomic mass is 16.5. The summed E-state index contributed by atoms with van der Waals surface area (Å²) in [6, 6.07) is 8.77. The van der Waals surface area contributed by atoms with Gasteiger partial charge in [-0.3, -0.25) is 9.80 Å². The molecule has 0 saturated carbocycles. The Bertz CT molecular complexity index is 433. The average molecular weight is 306 g/mol. The summed E-state index contributed by atoms with van der Waals surface area (Å²) in [7, 11) is 0. The number of hydrogen-bond acceptors (Lipinski definition) is 4. The molecule has 124 valence electrons. The quantitative estimate of drug-likeness (QED) is 0.837. The molecule has 1 N–H and O–H groups in total. The van der Waals surface area contributed by atoms with Crippen LogP contribution in [0.25, 0.3) is 0 Å². The van der Waals surface area contributed by atoms with Gasteiger partial charge in [0.05, 0.1) is 6.10 Å². The van der Waals surface area contributed by atoms with Crippen LogP contribution in [0.1, 0.15) is 25.8 Å². The van der Waals surface area contributed by atoms with E-state index in [0.29, 0.717) is 6.04 Å². The van der Waals surface area contributed by atoms with Crippen molar-refractivity contribution in [2.45, 2.75) is 39.3 Å². The smallest absolute Gasteiger partial charge is 0.119 e. The Labute approximate surface area is 134 Å². The number of aliphatic hydroxyl groups is 1. The Morgan fingerprint density at radius 2 is 2.00 bits per heavy atom. The maximum Gasteiger partial charge on any atom is 0.119 e. The molecule has 0 bridgehead atoms. The number of aryl methyl sites for hydroxylation is 1. The lowest BCUT2D eigenvalue weighted by atomic mass is 10.1. The van der Waals surface area contributed by atoms with Gasteiger partial charge in [-0.05, 0) is 32.4 Å². The van der Waals surface area contributed by atoms with Gasteiger partial charge in [-0.1, -0.05) is 24.6 Å². The molecule has 1 fully saturated rings. The fraction of sp³-hybridized carbons (Fsp3) is 0.667. The van der Waals surface area contributed by atoms with Crippen molar-refractivity contribution >= 4 is 0 Å². The minimum Gasteiger partial charge on any atom is -0.492 e. The van der Waals surface area contributed by atoms with Gasteiger partial charge < -0.3 is 9.84 Å². The molecule has 0 radical (unpaired) electrons. The van der Waals surface area contributed by atoms with Crippen molar-refractivity contribution in [2.75, 3.05) is 39.3 Å². The van der Waals surface area contributed by atoms with Crippen LogP contribution in [0.4, 0.5) is 0 Å². The zero-order valence-electron chi connectivity index (χ0n) is 14.2. The van der Waals surface area contributed by atoms with Crippen LogP contribution in [0.5, 0.6) is 5.75 Å². The first-order valence-electron chi connectivity index (χ1n) is 8.42. The van der Waals surface area contributed by atoms with E-state index in [0.717, 1.165) is 51.5 Å². The molecule has 1 saturated heterocycles. The number of β-amino-alcohol motifs (C(OH)–C–C–N with tert-alkyl or cyclic N) is 1. The van der Waals surface area contributed by atoms with Gasteiger partial charge in [-0.2, -0.15) is 0 Å². The molecule has 0 aliphatic carbocycles. The van der Waals surface area contributed by atoms with Crippen molar-refractivity contribution in [3.8, 4) is 5.75 Å². The molecule has 1 aromatic carbocycles. The SMILES string of the molecule is CC[C@H]1CN(CCOc2ccc(C)cc2)CCN1C[C@@H](C)O. The summed E-state index contributed by atoms with van der Waals surface area (Å²) in [5, 5.41) is 9.60. The first-order chi connectivity index (χ1) is 10.6. The molecule has 1 aromatic rings. The first-order valence-corrected chi connectivity index (χ1v) is 8.42. The van der Waals surface area contributed by atoms with E-state index in [1.807, 2.05) is 19.1 Å². The Balaban J connectivity index is 1.74. The predicted molar refractivity (Wildman–Crippen MR) is 90.4 cm³/mol. The molecule has 1 aliphatic heterocycles. The van der Waals surface area contributed by atoms with E-state index in [2.05, 4.69) is 35.8 Å². The maximum atomic E-state index is 9.60. The highest BCUT2D eigenvalue weighted by Gasteiger charge is 2.26. The van der Waals surface area contributed by atoms with Gasteiger partial charge in [0, 0.05) is 38.8 Å². The fourth-order valence-corrected chi connectivity index (χ4v) is 3.05. The van der Waals surface area contributed by atoms with Gasteiger partial charge in [0.15, 0.2) is 0 Å². The minimum atomic E-state index is -0.245. The number of rotatable bonds is 7. The van der Waals surface area contributed by atoms with E-state index in [1.165, 1.54) is 5.56 Å². The summed E-state index contributed by atoms with van der Waals surface area (Å²) in [5.74, 6) is 0.949. The van der Waals surface area contributed by atoms with E-state index >= 15 is 0 Å². The third-order valence-corrected chi connectivity index (χ3v) is 4.36. The van der Waals surface area contributed by atoms with Crippen molar-refractivity contribution in [1.82, 2.24) is 9.80 Å². The second kappa shape index (κ2) is 8.51. The number of ether oxygens (including phenoxy) is 1. The highest BCUT2D eigenvalue weighted by molar-refractivity contribution is 5.26. The normalized spacial score (nSPS) is 21.7. The number of nitrogens with zero attached hydrogens (tertiary/aromatic N) is 2. The predicted octanol–water partition coefficient (Wildman–Crippen LogP) is 2.15. The Kier molecular flexibility index (Phi) is 6.68. The number of piperazine rings is 1. The Morgan fingerprint density at radius 3 is 2.64 bits per heavy atom. The van der Waals surface area contributed by atoms with Gasteiger partial charge in [0.25, 0.3) is 0 Å². The monoisotopic (exact) mass is 306 g/mol. The standard InChI is InChI=1S/C18H30N2O2/c1-4-17-14-19(9-10-20(17)13-16(3)21)11-12-22-18-7-5-15(2)6-8-18/h5-8,16-17,21H,4,9-14H2,1-3H3/t16-,17+/m1/s1. The molecule has 22 heavy (non-hydrogen) atoms. The summed E-state index contributed by atoms with van der Waals surface area (Å²) >= 11 is 0. The van der Waals surface area contributed by atoms with Crippen LogP contribution >= 0.6 is 0 Å². The number of benzene rings is 1. The molecule has 0 aromatic heterocycles. The third-order valence-electron chi connectivity index (χ3n) is 4.36. The van der Waals surface area contributed by atoms with Crippen molar-refractivity contribution < 1.29 is 9.84 Å². The second-order valence-electron chi connectivity index (χ2n) is 6.37. The molecule has 1 heterocycles. The Morgan fingerprint density at radius 1 is 1.27 bits per heavy atom. The van der Waals surface area contributed by atoms with Crippen LogP contribution in [-0.2, 0) is 0 Å². The van der Waals surface area contributed by atoms with E-state index in [1.54, 1.807) is 0 Å². The lowest BCUT2D eigenvalue weighted by molar-refractivity contribution is 0.0322. The topological polar surface area (TPSA) is 35.9 Å². The van der Waals surface area contributed by atoms with Crippen LogP contribution in [0.15, 0.2) is 24.3 Å². The molecule has 4 nitrogen and oxygen atoms in total. The zero-order chi connectivity index (χ0) is 15.9. The fourth-order valence-electron chi connectivity index (χ4n) is 3.05. The number of hydrogen-bond donors (Lipinski definition) is 1. The van der Waals surface area contributed by atoms with Crippen LogP contribution in [-0.4, -0.2) is 66.4 Å². The van der Waals surface area contributed by atoms with Crippen LogP contribution in [0.2, 0.25) is 0 Å². The third kappa shape index (κ3) is 5.27. The zero-order valence-corrected chi connectivity index (χ0v) is 14.2. The van der Waals surface area contributed by atoms with Crippen molar-refractivity contribution in [3.63, 3.8) is 0 Å². The lowest BCUT2D eigenvalue weighted by Crippen LogP contribution is -2.55. The van der Waals surface area contributed by atoms with Gasteiger partial charge in [-0.15, -0.1) is 0 Å². The van der Waals surface area contributed by atoms with Crippen LogP contribution in [0, 0.1) is 6.92 Å². The van der Waals surface area contributed by atoms with Gasteiger partial charge >= 0.3 is 0 Å². The van der Waals surface area contributed by atoms with Gasteiger partial charge in [-0.25, -0.2) is 0 Å². The van der Waals surface area contributed by atoms with Gasteiger partial charge in [0.2, 0.25) is 0 Å². The molecule has 2 atom stereocenters. The average Bonchev–Trinajstić information content (AvgIpc) is 2.50. The van der Waals surface area contributed by atoms with E-state index < -0.39 is 0 Å². The van der Waals surface area contributed by atoms with E-state index in [-0.39, 0.29) is 6.10 Å². The lowest BCUT2D eigenvalue weighted by Gasteiger charge is -2.41. The summed E-state index contributed by atoms with van der Waals surface area (Å²) in [6.45, 7) is 11.8. The summed E-state index contributed by atoms with van der Waals surface area (Å²) in [4.78, 5) is 4.89. The number of aliphatic hydroxyl groups excluding tert-OH is 1. The summed E-state index contributed by atoms with van der Waals surface area (Å²) in [5.41, 5.74) is 1.26. The van der Waals surface area contributed by atoms with Gasteiger partial charge in [0.1, 0.15) is 12.4 Å². The largest absolute Gasteiger partial charge is 0.492 e. The molecule has 0 spiro atoms. The molecular weight excluding hydrogens is 276 g/mol. The Hall–Kier alpha value is -1.10. The maximum absolute atomic E-state index is 9.60. The molecule has 0 unspecified atom stereocenters. The van der Waals surface area contributed by atoms with Crippen LogP contribution in [0.3, 0.4) is 0 Å². The molecular formula is C18H30N2O2. The van der Waals surface area contributed by atoms with Crippen molar-refractivity contribution in [3.05, 3.63) is 29.8 Å². The van der Waals surface area contributed by atoms with E-state index in [4.69, 9.17) is 4.74 Å². The molecule has 2 rings (SSSR count).